The van der Waals surface area contributed by atoms with Crippen molar-refractivity contribution in [1.29, 1.82) is 0 Å². The van der Waals surface area contributed by atoms with Gasteiger partial charge >= 0.3 is 5.97 Å². The molecule has 2 N–H and O–H groups in total. The van der Waals surface area contributed by atoms with Gasteiger partial charge in [0.15, 0.2) is 5.71 Å². The van der Waals surface area contributed by atoms with E-state index in [2.05, 4.69) is 9.73 Å². The summed E-state index contributed by atoms with van der Waals surface area (Å²) in [7, 11) is 1.33. The Bertz CT molecular complexity index is 426. The molecule has 0 bridgehead atoms. The van der Waals surface area contributed by atoms with E-state index in [9.17, 15) is 4.79 Å². The minimum Gasteiger partial charge on any atom is -0.464 e. The van der Waals surface area contributed by atoms with Crippen LogP contribution in [0.1, 0.15) is 31.9 Å². The van der Waals surface area contributed by atoms with Crippen LogP contribution in [0, 0.1) is 6.92 Å². The third-order valence-electron chi connectivity index (χ3n) is 2.16. The van der Waals surface area contributed by atoms with E-state index in [1.54, 1.807) is 6.07 Å². The summed E-state index contributed by atoms with van der Waals surface area (Å²) in [6, 6.07) is 5.49. The van der Waals surface area contributed by atoms with Crippen molar-refractivity contribution >= 4 is 17.4 Å². The van der Waals surface area contributed by atoms with Crippen LogP contribution < -0.4 is 5.73 Å². The molecule has 0 spiro atoms. The molecule has 0 aliphatic heterocycles. The maximum atomic E-state index is 11.6. The van der Waals surface area contributed by atoms with Crippen molar-refractivity contribution < 1.29 is 9.53 Å². The largest absolute Gasteiger partial charge is 0.464 e. The van der Waals surface area contributed by atoms with Gasteiger partial charge in [-0.2, -0.15) is 0 Å². The van der Waals surface area contributed by atoms with Gasteiger partial charge in [-0.25, -0.2) is 4.79 Å². The van der Waals surface area contributed by atoms with E-state index < -0.39 is 5.97 Å². The van der Waals surface area contributed by atoms with Crippen LogP contribution in [0.15, 0.2) is 23.2 Å². The van der Waals surface area contributed by atoms with E-state index in [-0.39, 0.29) is 5.71 Å². The van der Waals surface area contributed by atoms with Gasteiger partial charge in [-0.05, 0) is 26.0 Å². The lowest BCUT2D eigenvalue weighted by molar-refractivity contribution is -0.132. The molecular formula is C14H22N2O2. The van der Waals surface area contributed by atoms with Crippen LogP contribution in [0.3, 0.4) is 0 Å². The Morgan fingerprint density at radius 3 is 2.50 bits per heavy atom. The lowest BCUT2D eigenvalue weighted by Gasteiger charge is -2.08. The van der Waals surface area contributed by atoms with Gasteiger partial charge in [0.1, 0.15) is 0 Å². The predicted octanol–water partition coefficient (Wildman–Crippen LogP) is 2.59. The molecule has 4 nitrogen and oxygen atoms in total. The summed E-state index contributed by atoms with van der Waals surface area (Å²) in [6.45, 7) is 8.30. The summed E-state index contributed by atoms with van der Waals surface area (Å²) in [5.41, 5.74) is 8.30. The molecule has 0 aliphatic rings. The number of methoxy groups -OCH3 is 1. The molecule has 0 saturated heterocycles. The van der Waals surface area contributed by atoms with Crippen molar-refractivity contribution in [3.05, 3.63) is 29.3 Å². The molecule has 0 atom stereocenters. The Morgan fingerprint density at radius 2 is 2.00 bits per heavy atom. The number of hydrogen-bond acceptors (Lipinski definition) is 4. The van der Waals surface area contributed by atoms with Gasteiger partial charge < -0.3 is 10.5 Å². The molecule has 0 aliphatic carbocycles. The number of rotatable bonds is 3. The summed E-state index contributed by atoms with van der Waals surface area (Å²) < 4.78 is 4.69. The molecule has 4 heteroatoms. The molecule has 1 aromatic carbocycles. The number of aryl methyl sites for hydroxylation is 1. The normalized spacial score (nSPS) is 10.4. The highest BCUT2D eigenvalue weighted by atomic mass is 16.5. The molecule has 1 aromatic rings. The number of anilines is 1. The van der Waals surface area contributed by atoms with Crippen molar-refractivity contribution in [3.8, 4) is 0 Å². The fourth-order valence-corrected chi connectivity index (χ4v) is 1.39. The zero-order valence-corrected chi connectivity index (χ0v) is 11.8. The molecule has 0 aromatic heterocycles. The second-order valence-electron chi connectivity index (χ2n) is 3.41. The standard InChI is InChI=1S/C12H16N2O2.C2H6/c1-4-14-11(12(15)16-3)9-7-8(2)5-6-10(9)13;1-2/h5-7H,4,13H2,1-3H3;1-2H3. The topological polar surface area (TPSA) is 64.7 Å². The Kier molecular flexibility index (Phi) is 7.43. The first-order valence-corrected chi connectivity index (χ1v) is 6.09. The number of benzene rings is 1. The van der Waals surface area contributed by atoms with E-state index in [1.807, 2.05) is 39.8 Å². The van der Waals surface area contributed by atoms with Crippen LogP contribution in [0.2, 0.25) is 0 Å². The van der Waals surface area contributed by atoms with Crippen molar-refractivity contribution in [2.75, 3.05) is 19.4 Å². The highest BCUT2D eigenvalue weighted by Crippen LogP contribution is 2.15. The number of esters is 1. The number of nitrogens with zero attached hydrogens (tertiary/aromatic N) is 1. The molecule has 0 radical (unpaired) electrons. The van der Waals surface area contributed by atoms with Gasteiger partial charge in [0, 0.05) is 17.8 Å². The van der Waals surface area contributed by atoms with Gasteiger partial charge in [-0.1, -0.05) is 25.5 Å². The molecule has 100 valence electrons. The summed E-state index contributed by atoms with van der Waals surface area (Å²) in [5, 5.41) is 0. The Labute approximate surface area is 109 Å². The van der Waals surface area contributed by atoms with E-state index in [0.717, 1.165) is 5.56 Å². The fourth-order valence-electron chi connectivity index (χ4n) is 1.39. The summed E-state index contributed by atoms with van der Waals surface area (Å²) >= 11 is 0. The molecule has 18 heavy (non-hydrogen) atoms. The number of carbonyl (C=O) groups excluding carboxylic acids is 1. The van der Waals surface area contributed by atoms with Gasteiger partial charge in [0.25, 0.3) is 0 Å². The molecule has 0 fully saturated rings. The van der Waals surface area contributed by atoms with E-state index in [4.69, 9.17) is 5.73 Å². The minimum absolute atomic E-state index is 0.284. The number of nitrogen functional groups attached to an aromatic ring is 1. The van der Waals surface area contributed by atoms with Crippen molar-refractivity contribution in [2.24, 2.45) is 4.99 Å². The number of hydrogen-bond donors (Lipinski definition) is 1. The van der Waals surface area contributed by atoms with Crippen LogP contribution >= 0.6 is 0 Å². The number of ether oxygens (including phenoxy) is 1. The molecular weight excluding hydrogens is 228 g/mol. The Hall–Kier alpha value is -1.84. The number of nitrogens with two attached hydrogens (primary N) is 1. The number of aliphatic imine (C=N–C) groups is 1. The quantitative estimate of drug-likeness (QED) is 0.509. The van der Waals surface area contributed by atoms with Gasteiger partial charge in [-0.3, -0.25) is 4.99 Å². The third kappa shape index (κ3) is 4.20. The second-order valence-corrected chi connectivity index (χ2v) is 3.41. The first-order chi connectivity index (χ1) is 8.60. The first kappa shape index (κ1) is 16.2. The van der Waals surface area contributed by atoms with Crippen molar-refractivity contribution in [1.82, 2.24) is 0 Å². The number of carbonyl (C=O) groups is 1. The monoisotopic (exact) mass is 250 g/mol. The van der Waals surface area contributed by atoms with Crippen molar-refractivity contribution in [2.45, 2.75) is 27.7 Å². The van der Waals surface area contributed by atoms with E-state index in [0.29, 0.717) is 17.8 Å². The molecule has 0 amide bonds. The lowest BCUT2D eigenvalue weighted by Crippen LogP contribution is -2.19. The average molecular weight is 250 g/mol. The van der Waals surface area contributed by atoms with Gasteiger partial charge in [0.2, 0.25) is 0 Å². The lowest BCUT2D eigenvalue weighted by atomic mass is 10.0. The van der Waals surface area contributed by atoms with E-state index in [1.165, 1.54) is 7.11 Å². The summed E-state index contributed by atoms with van der Waals surface area (Å²) in [6.07, 6.45) is 0. The predicted molar refractivity (Wildman–Crippen MR) is 76.0 cm³/mol. The zero-order valence-electron chi connectivity index (χ0n) is 11.8. The maximum absolute atomic E-state index is 11.6. The summed E-state index contributed by atoms with van der Waals surface area (Å²) in [5.74, 6) is -0.459. The smallest absolute Gasteiger partial charge is 0.356 e. The Balaban J connectivity index is 0.00000137. The van der Waals surface area contributed by atoms with Crippen LogP contribution in [-0.2, 0) is 9.53 Å². The molecule has 0 saturated carbocycles. The summed E-state index contributed by atoms with van der Waals surface area (Å²) in [4.78, 5) is 15.7. The van der Waals surface area contributed by atoms with Gasteiger partial charge in [0.05, 0.1) is 7.11 Å². The zero-order chi connectivity index (χ0) is 14.1. The Morgan fingerprint density at radius 1 is 1.39 bits per heavy atom. The highest BCUT2D eigenvalue weighted by Gasteiger charge is 2.16. The molecule has 0 heterocycles. The van der Waals surface area contributed by atoms with Crippen LogP contribution in [0.5, 0.6) is 0 Å². The minimum atomic E-state index is -0.459. The molecule has 1 rings (SSSR count). The third-order valence-corrected chi connectivity index (χ3v) is 2.16. The SMILES string of the molecule is CC.CCN=C(C(=O)OC)c1cc(C)ccc1N. The molecule has 0 unspecified atom stereocenters. The highest BCUT2D eigenvalue weighted by molar-refractivity contribution is 6.44. The second kappa shape index (κ2) is 8.28. The average Bonchev–Trinajstić information content (AvgIpc) is 2.40. The maximum Gasteiger partial charge on any atom is 0.356 e. The van der Waals surface area contributed by atoms with E-state index >= 15 is 0 Å². The van der Waals surface area contributed by atoms with Crippen LogP contribution in [0.25, 0.3) is 0 Å². The van der Waals surface area contributed by atoms with Crippen LogP contribution in [0.4, 0.5) is 5.69 Å². The first-order valence-electron chi connectivity index (χ1n) is 6.09. The van der Waals surface area contributed by atoms with Crippen molar-refractivity contribution in [3.63, 3.8) is 0 Å². The fraction of sp³-hybridized carbons (Fsp3) is 0.429. The van der Waals surface area contributed by atoms with Crippen LogP contribution in [-0.4, -0.2) is 25.3 Å². The van der Waals surface area contributed by atoms with Gasteiger partial charge in [-0.15, -0.1) is 0 Å².